The van der Waals surface area contributed by atoms with Gasteiger partial charge in [0.1, 0.15) is 0 Å². The third-order valence-electron chi connectivity index (χ3n) is 4.85. The predicted octanol–water partition coefficient (Wildman–Crippen LogP) is 5.14. The number of alkyl halides is 3. The SMILES string of the molecule is CCCCCC1COC(C2CCC(Br)(C(F)F)CC2)OC1. The van der Waals surface area contributed by atoms with Crippen molar-refractivity contribution < 1.29 is 18.3 Å². The van der Waals surface area contributed by atoms with Crippen molar-refractivity contribution in [2.24, 2.45) is 11.8 Å². The van der Waals surface area contributed by atoms with Gasteiger partial charge in [0.2, 0.25) is 0 Å². The maximum atomic E-state index is 13.0. The first-order valence-electron chi connectivity index (χ1n) is 8.25. The lowest BCUT2D eigenvalue weighted by molar-refractivity contribution is -0.230. The Hall–Kier alpha value is 0.260. The molecule has 1 aliphatic carbocycles. The van der Waals surface area contributed by atoms with Gasteiger partial charge in [-0.05, 0) is 32.1 Å². The van der Waals surface area contributed by atoms with E-state index in [1.165, 1.54) is 25.7 Å². The molecule has 21 heavy (non-hydrogen) atoms. The van der Waals surface area contributed by atoms with E-state index >= 15 is 0 Å². The number of hydrogen-bond donors (Lipinski definition) is 0. The molecular weight excluding hydrogens is 342 g/mol. The van der Waals surface area contributed by atoms with Gasteiger partial charge >= 0.3 is 0 Å². The molecule has 2 nitrogen and oxygen atoms in total. The Morgan fingerprint density at radius 1 is 1.14 bits per heavy atom. The molecule has 0 aromatic rings. The van der Waals surface area contributed by atoms with Gasteiger partial charge in [0.15, 0.2) is 6.29 Å². The molecule has 2 aliphatic rings. The summed E-state index contributed by atoms with van der Waals surface area (Å²) in [6.07, 6.45) is 4.93. The largest absolute Gasteiger partial charge is 0.352 e. The van der Waals surface area contributed by atoms with E-state index in [4.69, 9.17) is 9.47 Å². The summed E-state index contributed by atoms with van der Waals surface area (Å²) in [5.74, 6) is 0.777. The van der Waals surface area contributed by atoms with Crippen LogP contribution in [0.25, 0.3) is 0 Å². The lowest BCUT2D eigenvalue weighted by Gasteiger charge is -2.40. The van der Waals surface area contributed by atoms with Crippen molar-refractivity contribution in [2.75, 3.05) is 13.2 Å². The molecule has 1 saturated carbocycles. The van der Waals surface area contributed by atoms with Crippen molar-refractivity contribution in [1.29, 1.82) is 0 Å². The van der Waals surface area contributed by atoms with E-state index in [9.17, 15) is 8.78 Å². The maximum Gasteiger partial charge on any atom is 0.253 e. The molecular formula is C16H27BrF2O2. The smallest absolute Gasteiger partial charge is 0.253 e. The second-order valence-corrected chi connectivity index (χ2v) is 8.15. The third kappa shape index (κ3) is 4.87. The molecule has 124 valence electrons. The van der Waals surface area contributed by atoms with Crippen LogP contribution in [-0.4, -0.2) is 30.3 Å². The first-order chi connectivity index (χ1) is 10.0. The molecule has 0 aromatic heterocycles. The highest BCUT2D eigenvalue weighted by Crippen LogP contribution is 2.44. The Balaban J connectivity index is 1.69. The summed E-state index contributed by atoms with van der Waals surface area (Å²) in [7, 11) is 0. The van der Waals surface area contributed by atoms with E-state index in [1.54, 1.807) is 0 Å². The summed E-state index contributed by atoms with van der Waals surface area (Å²) in [5, 5.41) is 0. The molecule has 1 saturated heterocycles. The summed E-state index contributed by atoms with van der Waals surface area (Å²) in [6.45, 7) is 3.73. The molecule has 1 heterocycles. The zero-order valence-electron chi connectivity index (χ0n) is 12.8. The average molecular weight is 369 g/mol. The first-order valence-corrected chi connectivity index (χ1v) is 9.04. The van der Waals surface area contributed by atoms with Crippen LogP contribution in [0.15, 0.2) is 0 Å². The minimum absolute atomic E-state index is 0.179. The highest BCUT2D eigenvalue weighted by atomic mass is 79.9. The molecule has 0 atom stereocenters. The Morgan fingerprint density at radius 3 is 2.29 bits per heavy atom. The van der Waals surface area contributed by atoms with Crippen LogP contribution in [0.2, 0.25) is 0 Å². The third-order valence-corrected chi connectivity index (χ3v) is 5.98. The monoisotopic (exact) mass is 368 g/mol. The number of halogens is 3. The van der Waals surface area contributed by atoms with Crippen LogP contribution < -0.4 is 0 Å². The molecule has 0 radical (unpaired) electrons. The summed E-state index contributed by atoms with van der Waals surface area (Å²) in [6, 6.07) is 0. The van der Waals surface area contributed by atoms with E-state index in [-0.39, 0.29) is 12.2 Å². The van der Waals surface area contributed by atoms with Gasteiger partial charge in [-0.3, -0.25) is 0 Å². The van der Waals surface area contributed by atoms with Crippen LogP contribution in [0, 0.1) is 11.8 Å². The van der Waals surface area contributed by atoms with E-state index in [0.717, 1.165) is 26.1 Å². The van der Waals surface area contributed by atoms with Crippen LogP contribution in [0.5, 0.6) is 0 Å². The van der Waals surface area contributed by atoms with E-state index in [2.05, 4.69) is 22.9 Å². The normalized spacial score (nSPS) is 37.9. The number of hydrogen-bond acceptors (Lipinski definition) is 2. The van der Waals surface area contributed by atoms with Gasteiger partial charge in [0.25, 0.3) is 6.43 Å². The van der Waals surface area contributed by atoms with Gasteiger partial charge in [-0.1, -0.05) is 42.1 Å². The van der Waals surface area contributed by atoms with Gasteiger partial charge in [-0.15, -0.1) is 0 Å². The molecule has 0 amide bonds. The topological polar surface area (TPSA) is 18.5 Å². The fourth-order valence-corrected chi connectivity index (χ4v) is 3.75. The average Bonchev–Trinajstić information content (AvgIpc) is 2.49. The van der Waals surface area contributed by atoms with Crippen LogP contribution >= 0.6 is 15.9 Å². The van der Waals surface area contributed by atoms with Crippen molar-refractivity contribution in [3.63, 3.8) is 0 Å². The Kier molecular flexibility index (Phi) is 6.88. The number of unbranched alkanes of at least 4 members (excludes halogenated alkanes) is 2. The molecule has 0 spiro atoms. The molecule has 1 aliphatic heterocycles. The van der Waals surface area contributed by atoms with Gasteiger partial charge in [0.05, 0.1) is 17.5 Å². The van der Waals surface area contributed by atoms with Gasteiger partial charge in [-0.25, -0.2) is 8.78 Å². The zero-order valence-corrected chi connectivity index (χ0v) is 14.4. The minimum Gasteiger partial charge on any atom is -0.352 e. The zero-order chi connectivity index (χ0) is 15.3. The fourth-order valence-electron chi connectivity index (χ4n) is 3.29. The molecule has 5 heteroatoms. The van der Waals surface area contributed by atoms with Crippen molar-refractivity contribution in [1.82, 2.24) is 0 Å². The summed E-state index contributed by atoms with van der Waals surface area (Å²) >= 11 is 3.22. The molecule has 2 fully saturated rings. The molecule has 0 unspecified atom stereocenters. The lowest BCUT2D eigenvalue weighted by atomic mass is 9.81. The van der Waals surface area contributed by atoms with Crippen molar-refractivity contribution in [3.05, 3.63) is 0 Å². The fraction of sp³-hybridized carbons (Fsp3) is 1.00. The summed E-state index contributed by atoms with van der Waals surface area (Å²) in [4.78, 5) is 0. The van der Waals surface area contributed by atoms with Crippen LogP contribution in [0.4, 0.5) is 8.78 Å². The van der Waals surface area contributed by atoms with Crippen molar-refractivity contribution in [3.8, 4) is 0 Å². The van der Waals surface area contributed by atoms with E-state index in [1.807, 2.05) is 0 Å². The lowest BCUT2D eigenvalue weighted by Crippen LogP contribution is -2.42. The number of ether oxygens (including phenoxy) is 2. The molecule has 0 N–H and O–H groups in total. The van der Waals surface area contributed by atoms with E-state index in [0.29, 0.717) is 18.8 Å². The van der Waals surface area contributed by atoms with Crippen molar-refractivity contribution in [2.45, 2.75) is 75.3 Å². The Morgan fingerprint density at radius 2 is 1.76 bits per heavy atom. The maximum absolute atomic E-state index is 13.0. The van der Waals surface area contributed by atoms with Crippen LogP contribution in [0.3, 0.4) is 0 Å². The Bertz CT molecular complexity index is 299. The van der Waals surface area contributed by atoms with Gasteiger partial charge < -0.3 is 9.47 Å². The highest BCUT2D eigenvalue weighted by molar-refractivity contribution is 9.10. The summed E-state index contributed by atoms with van der Waals surface area (Å²) in [5.41, 5.74) is 0. The van der Waals surface area contributed by atoms with Crippen molar-refractivity contribution >= 4 is 15.9 Å². The second-order valence-electron chi connectivity index (χ2n) is 6.57. The quantitative estimate of drug-likeness (QED) is 0.477. The highest BCUT2D eigenvalue weighted by Gasteiger charge is 2.43. The second kappa shape index (κ2) is 8.21. The van der Waals surface area contributed by atoms with Crippen LogP contribution in [-0.2, 0) is 9.47 Å². The summed E-state index contributed by atoms with van der Waals surface area (Å²) < 4.78 is 36.7. The van der Waals surface area contributed by atoms with E-state index < -0.39 is 10.7 Å². The standard InChI is InChI=1S/C16H27BrF2O2/c1-2-3-4-5-12-10-20-14(21-11-12)13-6-8-16(17,9-7-13)15(18)19/h12-15H,2-11H2,1H3. The van der Waals surface area contributed by atoms with Gasteiger partial charge in [0, 0.05) is 11.8 Å². The molecule has 2 rings (SSSR count). The Labute approximate surface area is 135 Å². The molecule has 0 aromatic carbocycles. The predicted molar refractivity (Wildman–Crippen MR) is 82.9 cm³/mol. The number of rotatable bonds is 6. The first kappa shape index (κ1) is 17.6. The van der Waals surface area contributed by atoms with Gasteiger partial charge in [-0.2, -0.15) is 0 Å². The minimum atomic E-state index is -2.30. The molecule has 0 bridgehead atoms. The van der Waals surface area contributed by atoms with Crippen LogP contribution in [0.1, 0.15) is 58.3 Å².